The average Bonchev–Trinajstić information content (AvgIpc) is 3.35. The van der Waals surface area contributed by atoms with Gasteiger partial charge in [-0.25, -0.2) is 9.50 Å². The Kier molecular flexibility index (Phi) is 4.40. The molecular weight excluding hydrogens is 364 g/mol. The summed E-state index contributed by atoms with van der Waals surface area (Å²) in [6.07, 6.45) is 5.65. The predicted molar refractivity (Wildman–Crippen MR) is 115 cm³/mol. The summed E-state index contributed by atoms with van der Waals surface area (Å²) < 4.78 is 3.68. The lowest BCUT2D eigenvalue weighted by Gasteiger charge is -2.34. The van der Waals surface area contributed by atoms with Crippen molar-refractivity contribution in [3.05, 3.63) is 55.0 Å². The van der Waals surface area contributed by atoms with Gasteiger partial charge in [-0.3, -0.25) is 4.68 Å². The molecule has 1 aliphatic rings. The fourth-order valence-corrected chi connectivity index (χ4v) is 3.68. The molecule has 5 rings (SSSR count). The van der Waals surface area contributed by atoms with Crippen molar-refractivity contribution in [1.29, 1.82) is 0 Å². The topological polar surface area (TPSA) is 66.5 Å². The van der Waals surface area contributed by atoms with Crippen LogP contribution in [0.1, 0.15) is 0 Å². The van der Waals surface area contributed by atoms with Gasteiger partial charge < -0.3 is 15.1 Å². The van der Waals surface area contributed by atoms with Crippen molar-refractivity contribution in [1.82, 2.24) is 29.3 Å². The SMILES string of the molecule is CN1CCN(c2ccc(Nc3ncc4ccc(-c5cnn(C)c5)n4n3)cc2)CC1. The zero-order chi connectivity index (χ0) is 19.8. The molecule has 1 aromatic carbocycles. The number of aromatic nitrogens is 5. The number of aryl methyl sites for hydroxylation is 1. The second-order valence-electron chi connectivity index (χ2n) is 7.50. The smallest absolute Gasteiger partial charge is 0.245 e. The molecule has 0 amide bonds. The van der Waals surface area contributed by atoms with Crippen LogP contribution in [-0.2, 0) is 7.05 Å². The Bertz CT molecular complexity index is 1120. The first-order chi connectivity index (χ1) is 14.2. The Morgan fingerprint density at radius 1 is 0.897 bits per heavy atom. The third-order valence-corrected chi connectivity index (χ3v) is 5.39. The van der Waals surface area contributed by atoms with Crippen LogP contribution in [-0.4, -0.2) is 62.5 Å². The molecule has 148 valence electrons. The predicted octanol–water partition coefficient (Wildman–Crippen LogP) is 2.63. The first-order valence-corrected chi connectivity index (χ1v) is 9.80. The van der Waals surface area contributed by atoms with E-state index in [0.717, 1.165) is 48.6 Å². The summed E-state index contributed by atoms with van der Waals surface area (Å²) in [6, 6.07) is 12.5. The van der Waals surface area contributed by atoms with Crippen LogP contribution in [0.15, 0.2) is 55.0 Å². The summed E-state index contributed by atoms with van der Waals surface area (Å²) in [7, 11) is 4.08. The Labute approximate surface area is 169 Å². The summed E-state index contributed by atoms with van der Waals surface area (Å²) in [5.41, 5.74) is 5.18. The van der Waals surface area contributed by atoms with Crippen LogP contribution >= 0.6 is 0 Å². The summed E-state index contributed by atoms with van der Waals surface area (Å²) in [5.74, 6) is 0.561. The number of hydrogen-bond acceptors (Lipinski definition) is 6. The molecule has 0 atom stereocenters. The van der Waals surface area contributed by atoms with Crippen molar-refractivity contribution < 1.29 is 0 Å². The van der Waals surface area contributed by atoms with E-state index in [-0.39, 0.29) is 0 Å². The van der Waals surface area contributed by atoms with Gasteiger partial charge in [-0.05, 0) is 43.4 Å². The molecular formula is C21H24N8. The molecule has 1 aliphatic heterocycles. The van der Waals surface area contributed by atoms with Crippen molar-refractivity contribution >= 4 is 22.8 Å². The Morgan fingerprint density at radius 2 is 1.69 bits per heavy atom. The zero-order valence-corrected chi connectivity index (χ0v) is 16.7. The van der Waals surface area contributed by atoms with Crippen molar-refractivity contribution in [2.24, 2.45) is 7.05 Å². The number of fused-ring (bicyclic) bond motifs is 1. The second-order valence-corrected chi connectivity index (χ2v) is 7.50. The molecule has 8 nitrogen and oxygen atoms in total. The van der Waals surface area contributed by atoms with Crippen LogP contribution in [0.5, 0.6) is 0 Å². The fourth-order valence-electron chi connectivity index (χ4n) is 3.68. The second kappa shape index (κ2) is 7.21. The molecule has 0 unspecified atom stereocenters. The van der Waals surface area contributed by atoms with Gasteiger partial charge in [-0.15, -0.1) is 5.10 Å². The van der Waals surface area contributed by atoms with Gasteiger partial charge in [0.15, 0.2) is 0 Å². The highest BCUT2D eigenvalue weighted by atomic mass is 15.3. The Hall–Kier alpha value is -3.39. The Morgan fingerprint density at radius 3 is 2.41 bits per heavy atom. The normalized spacial score (nSPS) is 15.2. The van der Waals surface area contributed by atoms with Crippen LogP contribution in [0, 0.1) is 0 Å². The van der Waals surface area contributed by atoms with E-state index in [4.69, 9.17) is 0 Å². The van der Waals surface area contributed by atoms with Gasteiger partial charge in [0, 0.05) is 56.4 Å². The fraction of sp³-hybridized carbons (Fsp3) is 0.286. The van der Waals surface area contributed by atoms with Crippen LogP contribution < -0.4 is 10.2 Å². The molecule has 4 heterocycles. The van der Waals surface area contributed by atoms with Crippen LogP contribution in [0.25, 0.3) is 16.8 Å². The molecule has 1 saturated heterocycles. The molecule has 29 heavy (non-hydrogen) atoms. The maximum absolute atomic E-state index is 4.68. The molecule has 8 heteroatoms. The lowest BCUT2D eigenvalue weighted by molar-refractivity contribution is 0.313. The first-order valence-electron chi connectivity index (χ1n) is 9.80. The summed E-state index contributed by atoms with van der Waals surface area (Å²) in [5, 5.41) is 12.3. The molecule has 1 N–H and O–H groups in total. The molecule has 3 aromatic heterocycles. The Balaban J connectivity index is 1.36. The lowest BCUT2D eigenvalue weighted by Crippen LogP contribution is -2.44. The summed E-state index contributed by atoms with van der Waals surface area (Å²) in [6.45, 7) is 4.33. The maximum atomic E-state index is 4.68. The minimum absolute atomic E-state index is 0.561. The monoisotopic (exact) mass is 388 g/mol. The molecule has 4 aromatic rings. The van der Waals surface area contributed by atoms with E-state index in [2.05, 4.69) is 61.6 Å². The van der Waals surface area contributed by atoms with Crippen molar-refractivity contribution in [3.63, 3.8) is 0 Å². The number of nitrogens with zero attached hydrogens (tertiary/aromatic N) is 7. The van der Waals surface area contributed by atoms with Gasteiger partial charge in [0.05, 0.1) is 23.6 Å². The average molecular weight is 388 g/mol. The molecule has 0 saturated carbocycles. The van der Waals surface area contributed by atoms with Crippen LogP contribution in [0.4, 0.5) is 17.3 Å². The van der Waals surface area contributed by atoms with Crippen molar-refractivity contribution in [2.75, 3.05) is 43.4 Å². The van der Waals surface area contributed by atoms with Gasteiger partial charge >= 0.3 is 0 Å². The highest BCUT2D eigenvalue weighted by Gasteiger charge is 2.14. The van der Waals surface area contributed by atoms with Gasteiger partial charge in [-0.1, -0.05) is 0 Å². The first kappa shape index (κ1) is 17.7. The number of nitrogens with one attached hydrogen (secondary N) is 1. The summed E-state index contributed by atoms with van der Waals surface area (Å²) in [4.78, 5) is 9.24. The van der Waals surface area contributed by atoms with E-state index in [9.17, 15) is 0 Å². The maximum Gasteiger partial charge on any atom is 0.245 e. The molecule has 0 aliphatic carbocycles. The van der Waals surface area contributed by atoms with Gasteiger partial charge in [0.1, 0.15) is 0 Å². The van der Waals surface area contributed by atoms with E-state index >= 15 is 0 Å². The standard InChI is InChI=1S/C21H24N8/c1-26-9-11-28(12-10-26)18-5-3-17(4-6-18)24-21-22-14-19-7-8-20(29(19)25-21)16-13-23-27(2)15-16/h3-8,13-15H,9-12H2,1-2H3,(H,24,25). The molecule has 1 fully saturated rings. The van der Waals surface area contributed by atoms with Gasteiger partial charge in [0.25, 0.3) is 0 Å². The minimum Gasteiger partial charge on any atom is -0.369 e. The van der Waals surface area contributed by atoms with Crippen LogP contribution in [0.3, 0.4) is 0 Å². The third-order valence-electron chi connectivity index (χ3n) is 5.39. The van der Waals surface area contributed by atoms with Gasteiger partial charge in [0.2, 0.25) is 5.95 Å². The number of likely N-dealkylation sites (N-methyl/N-ethyl adjacent to an activating group) is 1. The largest absolute Gasteiger partial charge is 0.369 e. The van der Waals surface area contributed by atoms with E-state index in [1.807, 2.05) is 42.3 Å². The minimum atomic E-state index is 0.561. The van der Waals surface area contributed by atoms with Crippen molar-refractivity contribution in [3.8, 4) is 11.3 Å². The van der Waals surface area contributed by atoms with Crippen LogP contribution in [0.2, 0.25) is 0 Å². The summed E-state index contributed by atoms with van der Waals surface area (Å²) >= 11 is 0. The number of benzene rings is 1. The number of piperazine rings is 1. The van der Waals surface area contributed by atoms with Crippen molar-refractivity contribution in [2.45, 2.75) is 0 Å². The van der Waals surface area contributed by atoms with Gasteiger partial charge in [-0.2, -0.15) is 5.10 Å². The quantitative estimate of drug-likeness (QED) is 0.580. The number of anilines is 3. The zero-order valence-electron chi connectivity index (χ0n) is 16.7. The highest BCUT2D eigenvalue weighted by Crippen LogP contribution is 2.23. The molecule has 0 radical (unpaired) electrons. The molecule has 0 bridgehead atoms. The molecule has 0 spiro atoms. The van der Waals surface area contributed by atoms with E-state index in [1.165, 1.54) is 5.69 Å². The van der Waals surface area contributed by atoms with E-state index in [1.54, 1.807) is 4.68 Å². The third kappa shape index (κ3) is 3.54. The highest BCUT2D eigenvalue weighted by molar-refractivity contribution is 5.66. The van der Waals surface area contributed by atoms with E-state index < -0.39 is 0 Å². The van der Waals surface area contributed by atoms with E-state index in [0.29, 0.717) is 5.95 Å². The number of hydrogen-bond donors (Lipinski definition) is 1. The lowest BCUT2D eigenvalue weighted by atomic mass is 10.2. The number of rotatable bonds is 4.